The third-order valence-corrected chi connectivity index (χ3v) is 2.76. The van der Waals surface area contributed by atoms with E-state index in [9.17, 15) is 9.59 Å². The lowest BCUT2D eigenvalue weighted by molar-refractivity contribution is -0.139. The second kappa shape index (κ2) is 4.79. The summed E-state index contributed by atoms with van der Waals surface area (Å²) in [5.41, 5.74) is 8.06. The van der Waals surface area contributed by atoms with Crippen molar-refractivity contribution in [1.29, 1.82) is 0 Å². The van der Waals surface area contributed by atoms with Crippen LogP contribution in [0.1, 0.15) is 20.3 Å². The fourth-order valence-corrected chi connectivity index (χ4v) is 1.59. The Balaban J connectivity index is 2.51. The molecule has 2 amide bonds. The molecule has 6 nitrogen and oxygen atoms in total. The van der Waals surface area contributed by atoms with Crippen molar-refractivity contribution in [3.63, 3.8) is 0 Å². The summed E-state index contributed by atoms with van der Waals surface area (Å²) in [6.07, 6.45) is 0.529. The van der Waals surface area contributed by atoms with Gasteiger partial charge in [-0.1, -0.05) is 19.0 Å². The number of carbonyl (C=O) groups is 2. The molecule has 1 heterocycles. The van der Waals surface area contributed by atoms with E-state index in [-0.39, 0.29) is 23.7 Å². The van der Waals surface area contributed by atoms with Crippen LogP contribution in [0.4, 0.5) is 0 Å². The summed E-state index contributed by atoms with van der Waals surface area (Å²) in [6.45, 7) is 4.19. The summed E-state index contributed by atoms with van der Waals surface area (Å²) in [6, 6.07) is 0. The number of imide groups is 1. The van der Waals surface area contributed by atoms with Gasteiger partial charge in [-0.25, -0.2) is 0 Å². The van der Waals surface area contributed by atoms with Crippen molar-refractivity contribution in [3.8, 4) is 0 Å². The average Bonchev–Trinajstić information content (AvgIpc) is 2.41. The van der Waals surface area contributed by atoms with Gasteiger partial charge in [-0.3, -0.25) is 14.5 Å². The number of hydrogen-bond donors (Lipinski definition) is 0. The maximum atomic E-state index is 11.6. The zero-order valence-electron chi connectivity index (χ0n) is 8.88. The Morgan fingerprint density at radius 1 is 1.33 bits per heavy atom. The molecule has 0 bridgehead atoms. The van der Waals surface area contributed by atoms with Crippen LogP contribution in [0, 0.1) is 11.8 Å². The minimum absolute atomic E-state index is 0.117. The number of likely N-dealkylation sites (tertiary alicyclic amines) is 1. The van der Waals surface area contributed by atoms with Crippen LogP contribution in [0.2, 0.25) is 0 Å². The number of rotatable bonds is 4. The summed E-state index contributed by atoms with van der Waals surface area (Å²) in [5.74, 6) is -0.684. The van der Waals surface area contributed by atoms with Crippen molar-refractivity contribution in [1.82, 2.24) is 4.90 Å². The number of hydrogen-bond acceptors (Lipinski definition) is 3. The van der Waals surface area contributed by atoms with Crippen LogP contribution in [0.25, 0.3) is 10.4 Å². The largest absolute Gasteiger partial charge is 0.282 e. The van der Waals surface area contributed by atoms with E-state index in [1.807, 2.05) is 0 Å². The molecule has 0 aliphatic carbocycles. The Bertz CT molecular complexity index is 302. The molecule has 0 aromatic rings. The van der Waals surface area contributed by atoms with E-state index in [0.717, 1.165) is 0 Å². The van der Waals surface area contributed by atoms with Crippen LogP contribution in [0.5, 0.6) is 0 Å². The summed E-state index contributed by atoms with van der Waals surface area (Å²) in [7, 11) is 0. The molecule has 6 heteroatoms. The van der Waals surface area contributed by atoms with Crippen molar-refractivity contribution >= 4 is 11.8 Å². The Kier molecular flexibility index (Phi) is 3.68. The topological polar surface area (TPSA) is 86.1 Å². The highest BCUT2D eigenvalue weighted by Gasteiger charge is 2.41. The van der Waals surface area contributed by atoms with Crippen molar-refractivity contribution in [2.75, 3.05) is 13.1 Å². The average molecular weight is 210 g/mol. The molecule has 0 aromatic carbocycles. The van der Waals surface area contributed by atoms with E-state index in [1.54, 1.807) is 13.8 Å². The van der Waals surface area contributed by atoms with Gasteiger partial charge in [0.25, 0.3) is 0 Å². The molecule has 1 fully saturated rings. The SMILES string of the molecule is CC1C(=O)N(CCCN=[N+]=[N-])C(=O)C1C. The Morgan fingerprint density at radius 2 is 1.87 bits per heavy atom. The summed E-state index contributed by atoms with van der Waals surface area (Å²) >= 11 is 0. The first-order chi connectivity index (χ1) is 7.09. The monoisotopic (exact) mass is 210 g/mol. The molecule has 0 N–H and O–H groups in total. The third kappa shape index (κ3) is 2.27. The normalized spacial score (nSPS) is 25.6. The number of carbonyl (C=O) groups excluding carboxylic acids is 2. The molecule has 0 aromatic heterocycles. The highest BCUT2D eigenvalue weighted by atomic mass is 16.2. The van der Waals surface area contributed by atoms with E-state index < -0.39 is 0 Å². The maximum Gasteiger partial charge on any atom is 0.232 e. The fraction of sp³-hybridized carbons (Fsp3) is 0.778. The molecule has 1 aliphatic rings. The van der Waals surface area contributed by atoms with Gasteiger partial charge < -0.3 is 0 Å². The first kappa shape index (κ1) is 11.5. The second-order valence-corrected chi connectivity index (χ2v) is 3.71. The molecule has 0 spiro atoms. The van der Waals surface area contributed by atoms with Crippen LogP contribution in [-0.4, -0.2) is 29.8 Å². The molecule has 2 atom stereocenters. The van der Waals surface area contributed by atoms with E-state index >= 15 is 0 Å². The van der Waals surface area contributed by atoms with Gasteiger partial charge in [0, 0.05) is 29.8 Å². The van der Waals surface area contributed by atoms with Crippen LogP contribution in [0.15, 0.2) is 5.11 Å². The molecular formula is C9H14N4O2. The first-order valence-electron chi connectivity index (χ1n) is 4.95. The molecule has 15 heavy (non-hydrogen) atoms. The first-order valence-corrected chi connectivity index (χ1v) is 4.95. The van der Waals surface area contributed by atoms with Crippen molar-refractivity contribution in [2.24, 2.45) is 17.0 Å². The molecule has 82 valence electrons. The summed E-state index contributed by atoms with van der Waals surface area (Å²) in [5, 5.41) is 3.35. The molecular weight excluding hydrogens is 196 g/mol. The standard InChI is InChI=1S/C9H14N4O2/c1-6-7(2)9(15)13(8(6)14)5-3-4-11-12-10/h6-7H,3-5H2,1-2H3. The van der Waals surface area contributed by atoms with Gasteiger partial charge in [-0.2, -0.15) is 0 Å². The maximum absolute atomic E-state index is 11.6. The predicted octanol–water partition coefficient (Wildman–Crippen LogP) is 1.33. The lowest BCUT2D eigenvalue weighted by atomic mass is 10.00. The third-order valence-electron chi connectivity index (χ3n) is 2.76. The van der Waals surface area contributed by atoms with Gasteiger partial charge >= 0.3 is 0 Å². The van der Waals surface area contributed by atoms with Crippen molar-refractivity contribution in [2.45, 2.75) is 20.3 Å². The lowest BCUT2D eigenvalue weighted by Crippen LogP contribution is -2.32. The van der Waals surface area contributed by atoms with Crippen LogP contribution in [-0.2, 0) is 9.59 Å². The quantitative estimate of drug-likeness (QED) is 0.230. The van der Waals surface area contributed by atoms with Crippen LogP contribution < -0.4 is 0 Å². The Hall–Kier alpha value is -1.55. The van der Waals surface area contributed by atoms with Crippen LogP contribution in [0.3, 0.4) is 0 Å². The Morgan fingerprint density at radius 3 is 2.33 bits per heavy atom. The molecule has 1 rings (SSSR count). The number of azide groups is 1. The van der Waals surface area contributed by atoms with E-state index in [0.29, 0.717) is 19.5 Å². The predicted molar refractivity (Wildman–Crippen MR) is 53.7 cm³/mol. The molecule has 1 aliphatic heterocycles. The van der Waals surface area contributed by atoms with Gasteiger partial charge in [0.1, 0.15) is 0 Å². The van der Waals surface area contributed by atoms with Crippen LogP contribution >= 0.6 is 0 Å². The minimum Gasteiger partial charge on any atom is -0.282 e. The zero-order valence-corrected chi connectivity index (χ0v) is 8.88. The highest BCUT2D eigenvalue weighted by molar-refractivity contribution is 6.04. The number of amides is 2. The smallest absolute Gasteiger partial charge is 0.232 e. The van der Waals surface area contributed by atoms with Gasteiger partial charge in [0.15, 0.2) is 0 Å². The fourth-order valence-electron chi connectivity index (χ4n) is 1.59. The van der Waals surface area contributed by atoms with Gasteiger partial charge in [-0.15, -0.1) is 0 Å². The molecule has 0 radical (unpaired) electrons. The summed E-state index contributed by atoms with van der Waals surface area (Å²) < 4.78 is 0. The van der Waals surface area contributed by atoms with E-state index in [2.05, 4.69) is 10.0 Å². The molecule has 2 unspecified atom stereocenters. The van der Waals surface area contributed by atoms with Crippen molar-refractivity contribution in [3.05, 3.63) is 10.4 Å². The van der Waals surface area contributed by atoms with Gasteiger partial charge in [-0.05, 0) is 12.0 Å². The Labute approximate surface area is 87.9 Å². The zero-order chi connectivity index (χ0) is 11.4. The van der Waals surface area contributed by atoms with Crippen molar-refractivity contribution < 1.29 is 9.59 Å². The van der Waals surface area contributed by atoms with E-state index in [1.165, 1.54) is 4.90 Å². The van der Waals surface area contributed by atoms with E-state index in [4.69, 9.17) is 5.53 Å². The second-order valence-electron chi connectivity index (χ2n) is 3.71. The van der Waals surface area contributed by atoms with Gasteiger partial charge in [0.05, 0.1) is 0 Å². The molecule has 0 saturated carbocycles. The minimum atomic E-state index is -0.225. The molecule has 1 saturated heterocycles. The van der Waals surface area contributed by atoms with Gasteiger partial charge in [0.2, 0.25) is 11.8 Å². The number of nitrogens with zero attached hydrogens (tertiary/aromatic N) is 4. The summed E-state index contributed by atoms with van der Waals surface area (Å²) in [4.78, 5) is 27.1. The lowest BCUT2D eigenvalue weighted by Gasteiger charge is -2.12. The highest BCUT2D eigenvalue weighted by Crippen LogP contribution is 2.25.